The zero-order valence-corrected chi connectivity index (χ0v) is 13.5. The molecule has 2 amide bonds. The summed E-state index contributed by atoms with van der Waals surface area (Å²) in [6.45, 7) is 3.00. The molecule has 1 aromatic rings. The molecule has 1 fully saturated rings. The lowest BCUT2D eigenvalue weighted by molar-refractivity contribution is -0.130. The molecule has 0 aliphatic heterocycles. The van der Waals surface area contributed by atoms with Gasteiger partial charge in [0.15, 0.2) is 0 Å². The fourth-order valence-electron chi connectivity index (χ4n) is 2.43. The Morgan fingerprint density at radius 2 is 2.14 bits per heavy atom. The van der Waals surface area contributed by atoms with E-state index in [1.54, 1.807) is 19.1 Å². The maximum Gasteiger partial charge on any atom is 0.224 e. The van der Waals surface area contributed by atoms with E-state index in [4.69, 9.17) is 4.74 Å². The van der Waals surface area contributed by atoms with Gasteiger partial charge in [-0.15, -0.1) is 0 Å². The van der Waals surface area contributed by atoms with Gasteiger partial charge in [0, 0.05) is 32.5 Å². The van der Waals surface area contributed by atoms with Gasteiger partial charge >= 0.3 is 0 Å². The summed E-state index contributed by atoms with van der Waals surface area (Å²) in [5.74, 6) is 1.53. The Labute approximate surface area is 131 Å². The first kappa shape index (κ1) is 16.3. The lowest BCUT2D eigenvalue weighted by atomic mass is 10.2. The van der Waals surface area contributed by atoms with Gasteiger partial charge in [0.1, 0.15) is 5.75 Å². The van der Waals surface area contributed by atoms with Crippen molar-refractivity contribution in [1.82, 2.24) is 10.2 Å². The third kappa shape index (κ3) is 4.48. The van der Waals surface area contributed by atoms with Crippen molar-refractivity contribution in [2.75, 3.05) is 20.7 Å². The van der Waals surface area contributed by atoms with Crippen molar-refractivity contribution in [2.45, 2.75) is 26.3 Å². The van der Waals surface area contributed by atoms with Gasteiger partial charge in [-0.2, -0.15) is 0 Å². The number of hydrogen-bond donors (Lipinski definition) is 1. The molecule has 0 saturated heterocycles. The normalized spacial score (nSPS) is 19.4. The molecule has 1 saturated carbocycles. The van der Waals surface area contributed by atoms with E-state index in [2.05, 4.69) is 12.2 Å². The molecule has 0 aromatic heterocycles. The molecular formula is C17H24N2O3. The average Bonchev–Trinajstić information content (AvgIpc) is 3.24. The van der Waals surface area contributed by atoms with Gasteiger partial charge in [-0.1, -0.05) is 19.1 Å². The van der Waals surface area contributed by atoms with Crippen molar-refractivity contribution in [3.63, 3.8) is 0 Å². The second-order valence-electron chi connectivity index (χ2n) is 5.96. The fourth-order valence-corrected chi connectivity index (χ4v) is 2.43. The van der Waals surface area contributed by atoms with Gasteiger partial charge in [0.25, 0.3) is 0 Å². The minimum atomic E-state index is 0.0203. The maximum absolute atomic E-state index is 12.1. The molecule has 0 radical (unpaired) electrons. The predicted molar refractivity (Wildman–Crippen MR) is 84.4 cm³/mol. The molecule has 1 aliphatic rings. The molecule has 0 bridgehead atoms. The number of nitrogens with zero attached hydrogens (tertiary/aromatic N) is 1. The Morgan fingerprint density at radius 3 is 2.77 bits per heavy atom. The maximum atomic E-state index is 12.1. The van der Waals surface area contributed by atoms with E-state index in [0.29, 0.717) is 25.4 Å². The number of amides is 2. The van der Waals surface area contributed by atoms with Crippen LogP contribution in [0.25, 0.3) is 0 Å². The quantitative estimate of drug-likeness (QED) is 0.836. The summed E-state index contributed by atoms with van der Waals surface area (Å²) in [6, 6.07) is 7.66. The number of nitrogens with one attached hydrogen (secondary N) is 1. The Bertz CT molecular complexity index is 544. The van der Waals surface area contributed by atoms with E-state index >= 15 is 0 Å². The van der Waals surface area contributed by atoms with Gasteiger partial charge in [-0.3, -0.25) is 9.59 Å². The second kappa shape index (κ2) is 7.29. The van der Waals surface area contributed by atoms with Gasteiger partial charge in [0.05, 0.1) is 7.11 Å². The molecule has 0 unspecified atom stereocenters. The number of benzene rings is 1. The molecule has 5 nitrogen and oxygen atoms in total. The van der Waals surface area contributed by atoms with E-state index in [1.807, 2.05) is 24.3 Å². The molecule has 22 heavy (non-hydrogen) atoms. The van der Waals surface area contributed by atoms with Crippen LogP contribution in [0.2, 0.25) is 0 Å². The lowest BCUT2D eigenvalue weighted by Crippen LogP contribution is -2.32. The number of carbonyl (C=O) groups excluding carboxylic acids is 2. The van der Waals surface area contributed by atoms with Gasteiger partial charge < -0.3 is 15.0 Å². The van der Waals surface area contributed by atoms with Gasteiger partial charge in [-0.25, -0.2) is 0 Å². The van der Waals surface area contributed by atoms with Crippen LogP contribution in [0, 0.1) is 11.8 Å². The van der Waals surface area contributed by atoms with Crippen molar-refractivity contribution in [3.05, 3.63) is 29.8 Å². The molecule has 2 atom stereocenters. The predicted octanol–water partition coefficient (Wildman–Crippen LogP) is 1.82. The van der Waals surface area contributed by atoms with Crippen molar-refractivity contribution in [2.24, 2.45) is 11.8 Å². The minimum Gasteiger partial charge on any atom is -0.497 e. The summed E-state index contributed by atoms with van der Waals surface area (Å²) in [4.78, 5) is 25.4. The number of ether oxygens (including phenoxy) is 1. The average molecular weight is 304 g/mol. The Kier molecular flexibility index (Phi) is 5.41. The Morgan fingerprint density at radius 1 is 1.41 bits per heavy atom. The summed E-state index contributed by atoms with van der Waals surface area (Å²) < 4.78 is 5.17. The van der Waals surface area contributed by atoms with Crippen LogP contribution in [-0.4, -0.2) is 37.4 Å². The first-order valence-electron chi connectivity index (χ1n) is 7.66. The Hall–Kier alpha value is -2.04. The monoisotopic (exact) mass is 304 g/mol. The highest BCUT2D eigenvalue weighted by atomic mass is 16.5. The van der Waals surface area contributed by atoms with Crippen LogP contribution >= 0.6 is 0 Å². The van der Waals surface area contributed by atoms with E-state index < -0.39 is 0 Å². The Balaban J connectivity index is 1.73. The molecule has 1 aliphatic carbocycles. The van der Waals surface area contributed by atoms with Gasteiger partial charge in [0.2, 0.25) is 11.8 Å². The molecule has 0 heterocycles. The topological polar surface area (TPSA) is 58.6 Å². The molecular weight excluding hydrogens is 280 g/mol. The van der Waals surface area contributed by atoms with Crippen LogP contribution in [0.3, 0.4) is 0 Å². The first-order chi connectivity index (χ1) is 10.5. The highest BCUT2D eigenvalue weighted by molar-refractivity contribution is 5.82. The van der Waals surface area contributed by atoms with Crippen LogP contribution in [0.5, 0.6) is 5.75 Å². The van der Waals surface area contributed by atoms with Crippen LogP contribution in [-0.2, 0) is 16.1 Å². The molecule has 1 N–H and O–H groups in total. The molecule has 1 aromatic carbocycles. The number of carbonyl (C=O) groups is 2. The number of hydrogen-bond acceptors (Lipinski definition) is 3. The molecule has 120 valence electrons. The minimum absolute atomic E-state index is 0.0203. The lowest BCUT2D eigenvalue weighted by Gasteiger charge is -2.18. The van der Waals surface area contributed by atoms with Crippen molar-refractivity contribution >= 4 is 11.8 Å². The zero-order valence-electron chi connectivity index (χ0n) is 13.5. The van der Waals surface area contributed by atoms with Crippen molar-refractivity contribution in [1.29, 1.82) is 0 Å². The largest absolute Gasteiger partial charge is 0.497 e. The SMILES string of the molecule is COc1cccc(CN(C)C(=O)CCNC(=O)[C@@H]2C[C@@H]2C)c1. The molecule has 2 rings (SSSR count). The first-order valence-corrected chi connectivity index (χ1v) is 7.66. The van der Waals surface area contributed by atoms with E-state index in [-0.39, 0.29) is 17.7 Å². The molecule has 0 spiro atoms. The summed E-state index contributed by atoms with van der Waals surface area (Å²) in [6.07, 6.45) is 1.29. The summed E-state index contributed by atoms with van der Waals surface area (Å²) in [5.41, 5.74) is 1.02. The standard InChI is InChI=1S/C17H24N2O3/c1-12-9-15(12)17(21)18-8-7-16(20)19(2)11-13-5-4-6-14(10-13)22-3/h4-6,10,12,15H,7-9,11H2,1-3H3,(H,18,21)/t12-,15+/m0/s1. The van der Waals surface area contributed by atoms with Crippen LogP contribution in [0.4, 0.5) is 0 Å². The molecule has 5 heteroatoms. The highest BCUT2D eigenvalue weighted by Crippen LogP contribution is 2.37. The summed E-state index contributed by atoms with van der Waals surface area (Å²) in [5, 5.41) is 2.84. The zero-order chi connectivity index (χ0) is 16.1. The fraction of sp³-hybridized carbons (Fsp3) is 0.529. The number of methoxy groups -OCH3 is 1. The van der Waals surface area contributed by atoms with E-state index in [0.717, 1.165) is 17.7 Å². The second-order valence-corrected chi connectivity index (χ2v) is 5.96. The summed E-state index contributed by atoms with van der Waals surface area (Å²) >= 11 is 0. The number of rotatable bonds is 7. The third-order valence-electron chi connectivity index (χ3n) is 4.06. The van der Waals surface area contributed by atoms with Crippen LogP contribution < -0.4 is 10.1 Å². The van der Waals surface area contributed by atoms with Gasteiger partial charge in [-0.05, 0) is 30.0 Å². The third-order valence-corrected chi connectivity index (χ3v) is 4.06. The smallest absolute Gasteiger partial charge is 0.224 e. The van der Waals surface area contributed by atoms with Crippen molar-refractivity contribution < 1.29 is 14.3 Å². The van der Waals surface area contributed by atoms with Crippen LogP contribution in [0.15, 0.2) is 24.3 Å². The van der Waals surface area contributed by atoms with E-state index in [1.165, 1.54) is 0 Å². The summed E-state index contributed by atoms with van der Waals surface area (Å²) in [7, 11) is 3.39. The van der Waals surface area contributed by atoms with Crippen molar-refractivity contribution in [3.8, 4) is 5.75 Å². The van der Waals surface area contributed by atoms with E-state index in [9.17, 15) is 9.59 Å². The highest BCUT2D eigenvalue weighted by Gasteiger charge is 2.38. The van der Waals surface area contributed by atoms with Crippen LogP contribution in [0.1, 0.15) is 25.3 Å².